The van der Waals surface area contributed by atoms with Gasteiger partial charge in [-0.3, -0.25) is 4.98 Å². The maximum atomic E-state index is 5.92. The molecule has 3 heterocycles. The van der Waals surface area contributed by atoms with Gasteiger partial charge in [0.15, 0.2) is 0 Å². The Labute approximate surface area is 161 Å². The molecule has 3 rings (SSSR count). The number of aromatic nitrogens is 4. The molecule has 0 N–H and O–H groups in total. The quantitative estimate of drug-likeness (QED) is 0.722. The Morgan fingerprint density at radius 1 is 1.35 bits per heavy atom. The van der Waals surface area contributed by atoms with Gasteiger partial charge in [-0.25, -0.2) is 0 Å². The van der Waals surface area contributed by atoms with E-state index in [1.807, 2.05) is 13.8 Å². The van der Waals surface area contributed by atoms with E-state index in [2.05, 4.69) is 32.8 Å². The van der Waals surface area contributed by atoms with Crippen LogP contribution in [0.3, 0.4) is 0 Å². The van der Waals surface area contributed by atoms with Crippen LogP contribution < -0.4 is 0 Å². The number of nitrogens with zero attached hydrogens (tertiary/aromatic N) is 4. The van der Waals surface area contributed by atoms with Crippen LogP contribution in [0.15, 0.2) is 0 Å². The van der Waals surface area contributed by atoms with Crippen molar-refractivity contribution in [2.24, 2.45) is 0 Å². The Morgan fingerprint density at radius 2 is 2.09 bits per heavy atom. The Balaban J connectivity index is 0.00000192. The average Bonchev–Trinajstić information content (AvgIpc) is 2.98. The van der Waals surface area contributed by atoms with Crippen molar-refractivity contribution in [3.8, 4) is 0 Å². The second-order valence-corrected chi connectivity index (χ2v) is 5.89. The molecular weight excluding hydrogens is 373 g/mol. The van der Waals surface area contributed by atoms with Crippen molar-refractivity contribution < 1.29 is 46.9 Å². The number of rotatable bonds is 4. The summed E-state index contributed by atoms with van der Waals surface area (Å²) in [7, 11) is 3.36. The summed E-state index contributed by atoms with van der Waals surface area (Å²) in [5.41, 5.74) is 1.96. The van der Waals surface area contributed by atoms with Crippen molar-refractivity contribution in [3.63, 3.8) is 0 Å². The molecule has 3 atom stereocenters. The van der Waals surface area contributed by atoms with Gasteiger partial charge in [-0.1, -0.05) is 6.92 Å². The molecule has 7 nitrogen and oxygen atoms in total. The molecule has 1 unspecified atom stereocenters. The van der Waals surface area contributed by atoms with E-state index in [0.717, 1.165) is 22.7 Å². The van der Waals surface area contributed by atoms with E-state index in [1.165, 1.54) is 0 Å². The van der Waals surface area contributed by atoms with Gasteiger partial charge in [-0.05, 0) is 19.5 Å². The van der Waals surface area contributed by atoms with Crippen LogP contribution in [0.5, 0.6) is 0 Å². The summed E-state index contributed by atoms with van der Waals surface area (Å²) >= 11 is 0. The summed E-state index contributed by atoms with van der Waals surface area (Å²) in [4.78, 5) is 13.0. The number of aryl methyl sites for hydroxylation is 2. The summed E-state index contributed by atoms with van der Waals surface area (Å²) in [5, 5.41) is 0. The fourth-order valence-electron chi connectivity index (χ4n) is 3.42. The molecule has 0 aromatic carbocycles. The Morgan fingerprint density at radius 3 is 2.74 bits per heavy atom. The molecule has 0 saturated carbocycles. The maximum absolute atomic E-state index is 5.92. The van der Waals surface area contributed by atoms with Crippen LogP contribution in [0.4, 0.5) is 0 Å². The molecule has 0 aliphatic carbocycles. The first-order valence-corrected chi connectivity index (χ1v) is 7.26. The summed E-state index contributed by atoms with van der Waals surface area (Å²) < 4.78 is 19.0. The smallest absolute Gasteiger partial charge is 0.110 e. The van der Waals surface area contributed by atoms with Gasteiger partial charge in [0, 0.05) is 64.4 Å². The van der Waals surface area contributed by atoms with Crippen LogP contribution in [0.2, 0.25) is 0 Å². The van der Waals surface area contributed by atoms with Crippen molar-refractivity contribution in [1.29, 1.82) is 0 Å². The van der Waals surface area contributed by atoms with Gasteiger partial charge in [0.2, 0.25) is 0 Å². The third-order valence-corrected chi connectivity index (χ3v) is 4.37. The van der Waals surface area contributed by atoms with Crippen LogP contribution in [-0.4, -0.2) is 59.2 Å². The topological polar surface area (TPSA) is 71.3 Å². The van der Waals surface area contributed by atoms with E-state index in [4.69, 9.17) is 14.2 Å². The van der Waals surface area contributed by atoms with Crippen molar-refractivity contribution >= 4 is 11.2 Å². The fraction of sp³-hybridized carbons (Fsp3) is 0.667. The minimum atomic E-state index is -0.411. The molecule has 1 fully saturated rings. The summed E-state index contributed by atoms with van der Waals surface area (Å²) in [5.74, 6) is 0.859. The summed E-state index contributed by atoms with van der Waals surface area (Å²) in [6.45, 7) is 6.96. The third kappa shape index (κ3) is 2.98. The Bertz CT molecular complexity index is 693. The standard InChI is InChI=1S/C15H21N4O3.Y/c1-9-12-14(17-8-16-9)19(10(2)18-12)15(3)7-22-11(6-20-4)13(15)21-5;/h11,13H,6-7H2,1-5H3;/q-1;/t11-,13?,15-;/m1./s1. The van der Waals surface area contributed by atoms with E-state index >= 15 is 0 Å². The number of hydrogen-bond donors (Lipinski definition) is 0. The van der Waals surface area contributed by atoms with Crippen molar-refractivity contribution in [3.05, 3.63) is 17.8 Å². The zero-order valence-corrected chi connectivity index (χ0v) is 17.0. The number of imidazole rings is 1. The largest absolute Gasteiger partial charge is 0.382 e. The van der Waals surface area contributed by atoms with Gasteiger partial charge in [-0.2, -0.15) is 0 Å². The molecule has 0 amide bonds. The molecule has 0 bridgehead atoms. The number of hydrogen-bond acceptors (Lipinski definition) is 6. The third-order valence-electron chi connectivity index (χ3n) is 4.37. The molecule has 23 heavy (non-hydrogen) atoms. The zero-order valence-electron chi connectivity index (χ0n) is 14.2. The van der Waals surface area contributed by atoms with Gasteiger partial charge < -0.3 is 28.7 Å². The van der Waals surface area contributed by atoms with Gasteiger partial charge in [0.25, 0.3) is 0 Å². The second kappa shape index (κ2) is 7.19. The first-order valence-electron chi connectivity index (χ1n) is 7.26. The Hall–Kier alpha value is -0.466. The molecule has 1 aliphatic rings. The molecule has 1 saturated heterocycles. The number of fused-ring (bicyclic) bond motifs is 1. The van der Waals surface area contributed by atoms with Crippen LogP contribution in [-0.2, 0) is 52.5 Å². The molecule has 2 aromatic heterocycles. The first kappa shape index (κ1) is 18.9. The molecule has 1 radical (unpaired) electrons. The van der Waals surface area contributed by atoms with Crippen molar-refractivity contribution in [2.75, 3.05) is 27.4 Å². The van der Waals surface area contributed by atoms with Gasteiger partial charge in [-0.15, -0.1) is 0 Å². The molecular formula is C15H21N4O3Y-. The molecule has 8 heteroatoms. The van der Waals surface area contributed by atoms with Crippen molar-refractivity contribution in [2.45, 2.75) is 38.5 Å². The minimum absolute atomic E-state index is 0. The zero-order chi connectivity index (χ0) is 15.9. The Kier molecular flexibility index (Phi) is 5.90. The number of ether oxygens (including phenoxy) is 3. The van der Waals surface area contributed by atoms with Crippen LogP contribution in [0.25, 0.3) is 11.2 Å². The first-order chi connectivity index (χ1) is 10.5. The predicted octanol–water partition coefficient (Wildman–Crippen LogP) is 1.02. The maximum Gasteiger partial charge on any atom is 0.110 e. The average molecular weight is 394 g/mol. The second-order valence-electron chi connectivity index (χ2n) is 5.89. The SMILES string of the molecule is COC[C@H]1OC[C@@](C)(n2c(C)nc3c(C)n[c-]nc32)C1OC.[Y]. The van der Waals surface area contributed by atoms with E-state index in [1.54, 1.807) is 14.2 Å². The van der Waals surface area contributed by atoms with Crippen LogP contribution >= 0.6 is 0 Å². The van der Waals surface area contributed by atoms with Crippen LogP contribution in [0, 0.1) is 20.2 Å². The number of methoxy groups -OCH3 is 2. The van der Waals surface area contributed by atoms with E-state index in [0.29, 0.717) is 13.2 Å². The fourth-order valence-corrected chi connectivity index (χ4v) is 3.42. The summed E-state index contributed by atoms with van der Waals surface area (Å²) in [6.07, 6.45) is 2.42. The molecule has 0 spiro atoms. The van der Waals surface area contributed by atoms with E-state index < -0.39 is 5.54 Å². The van der Waals surface area contributed by atoms with Gasteiger partial charge in [0.05, 0.1) is 24.6 Å². The van der Waals surface area contributed by atoms with Gasteiger partial charge >= 0.3 is 0 Å². The predicted molar refractivity (Wildman–Crippen MR) is 79.7 cm³/mol. The monoisotopic (exact) mass is 394 g/mol. The van der Waals surface area contributed by atoms with E-state index in [-0.39, 0.29) is 44.9 Å². The normalized spacial score (nSPS) is 27.3. The molecule has 123 valence electrons. The minimum Gasteiger partial charge on any atom is -0.382 e. The van der Waals surface area contributed by atoms with E-state index in [9.17, 15) is 0 Å². The molecule has 1 aliphatic heterocycles. The van der Waals surface area contributed by atoms with Gasteiger partial charge in [0.1, 0.15) is 12.2 Å². The summed E-state index contributed by atoms with van der Waals surface area (Å²) in [6, 6.07) is 0. The molecule has 2 aromatic rings. The van der Waals surface area contributed by atoms with Crippen molar-refractivity contribution in [1.82, 2.24) is 19.5 Å². The van der Waals surface area contributed by atoms with Crippen LogP contribution in [0.1, 0.15) is 18.4 Å².